The van der Waals surface area contributed by atoms with Crippen LogP contribution < -0.4 is 4.74 Å². The molecule has 1 saturated carbocycles. The minimum absolute atomic E-state index is 0.0158. The highest BCUT2D eigenvalue weighted by Gasteiger charge is 2.77. The minimum Gasteiger partial charge on any atom is -0.495 e. The van der Waals surface area contributed by atoms with Crippen LogP contribution in [0.2, 0.25) is 0 Å². The number of rotatable bonds is 5. The Hall–Kier alpha value is -0.870. The van der Waals surface area contributed by atoms with Gasteiger partial charge in [-0.05, 0) is 55.8 Å². The van der Waals surface area contributed by atoms with Gasteiger partial charge >= 0.3 is 5.97 Å². The van der Waals surface area contributed by atoms with Gasteiger partial charge in [-0.1, -0.05) is 0 Å². The summed E-state index contributed by atoms with van der Waals surface area (Å²) >= 11 is 3.12. The predicted molar refractivity (Wildman–Crippen MR) is 115 cm³/mol. The van der Waals surface area contributed by atoms with E-state index in [1.165, 1.54) is 13.2 Å². The number of esters is 1. The zero-order valence-corrected chi connectivity index (χ0v) is 20.4. The Morgan fingerprint density at radius 2 is 2.10 bits per heavy atom. The van der Waals surface area contributed by atoms with Gasteiger partial charge in [0.1, 0.15) is 52.8 Å². The molecule has 30 heavy (non-hydrogen) atoms. The number of methoxy groups -OCH3 is 1. The maximum atomic E-state index is 14.7. The van der Waals surface area contributed by atoms with E-state index in [2.05, 4.69) is 43.0 Å². The summed E-state index contributed by atoms with van der Waals surface area (Å²) in [5, 5.41) is 1.57. The van der Waals surface area contributed by atoms with Crippen molar-refractivity contribution in [2.75, 3.05) is 13.4 Å². The highest BCUT2D eigenvalue weighted by Crippen LogP contribution is 2.60. The molecule has 1 aliphatic carbocycles. The average molecular weight is 505 g/mol. The molecular weight excluding hydrogens is 477 g/mol. The first-order chi connectivity index (χ1) is 14.0. The lowest BCUT2D eigenvalue weighted by Crippen LogP contribution is -2.36. The van der Waals surface area contributed by atoms with Crippen LogP contribution >= 0.6 is 15.9 Å². The fourth-order valence-electron chi connectivity index (χ4n) is 4.37. The van der Waals surface area contributed by atoms with Gasteiger partial charge in [0.05, 0.1) is 24.0 Å². The number of nitrogens with zero attached hydrogens (tertiary/aromatic N) is 1. The molecule has 6 atom stereocenters. The fourth-order valence-corrected chi connectivity index (χ4v) is 5.77. The maximum absolute atomic E-state index is 14.7. The predicted octanol–water partition coefficient (Wildman–Crippen LogP) is 3.76. The SMILES string of the molecule is COc1c(Br)ccc(F)c1CN1OC2(C[C@@H]2O[S+](C)C(C)(C)C)[C@H]2[C@H](C)OC(=O)[C@H]21. The second kappa shape index (κ2) is 7.62. The lowest BCUT2D eigenvalue weighted by molar-refractivity contribution is -0.203. The molecule has 1 aromatic rings. The molecule has 3 aliphatic rings. The van der Waals surface area contributed by atoms with E-state index < -0.39 is 17.5 Å². The van der Waals surface area contributed by atoms with Crippen molar-refractivity contribution in [3.63, 3.8) is 0 Å². The molecule has 0 N–H and O–H groups in total. The molecule has 0 amide bonds. The van der Waals surface area contributed by atoms with E-state index in [0.29, 0.717) is 22.2 Å². The smallest absolute Gasteiger partial charge is 0.326 e. The second-order valence-electron chi connectivity index (χ2n) is 9.13. The molecule has 2 unspecified atom stereocenters. The third-order valence-corrected chi connectivity index (χ3v) is 9.11. The third-order valence-electron chi connectivity index (χ3n) is 6.24. The van der Waals surface area contributed by atoms with Crippen LogP contribution in [-0.4, -0.2) is 53.0 Å². The molecule has 0 aromatic heterocycles. The molecule has 3 fully saturated rings. The summed E-state index contributed by atoms with van der Waals surface area (Å²) < 4.78 is 32.6. The average Bonchev–Trinajstić information content (AvgIpc) is 3.07. The van der Waals surface area contributed by atoms with Crippen molar-refractivity contribution in [1.82, 2.24) is 5.06 Å². The third kappa shape index (κ3) is 3.56. The Balaban J connectivity index is 1.61. The number of hydroxylamine groups is 2. The molecular formula is C21H28BrFNO5S+. The molecule has 6 nitrogen and oxygen atoms in total. The number of carbonyl (C=O) groups is 1. The first-order valence-electron chi connectivity index (χ1n) is 10.00. The van der Waals surface area contributed by atoms with Crippen LogP contribution in [0.1, 0.15) is 39.7 Å². The summed E-state index contributed by atoms with van der Waals surface area (Å²) in [5.41, 5.74) is -0.281. The number of fused-ring (bicyclic) bond motifs is 2. The molecule has 2 aliphatic heterocycles. The molecule has 2 heterocycles. The van der Waals surface area contributed by atoms with Crippen LogP contribution in [0.5, 0.6) is 5.75 Å². The Morgan fingerprint density at radius 1 is 1.40 bits per heavy atom. The molecule has 166 valence electrons. The normalized spacial score (nSPS) is 34.2. The quantitative estimate of drug-likeness (QED) is 0.449. The van der Waals surface area contributed by atoms with Gasteiger partial charge in [0.15, 0.2) is 4.75 Å². The van der Waals surface area contributed by atoms with E-state index in [-0.39, 0.29) is 46.6 Å². The maximum Gasteiger partial charge on any atom is 0.326 e. The van der Waals surface area contributed by atoms with Crippen molar-refractivity contribution in [3.8, 4) is 5.75 Å². The molecule has 0 bridgehead atoms. The van der Waals surface area contributed by atoms with Crippen molar-refractivity contribution < 1.29 is 27.7 Å². The lowest BCUT2D eigenvalue weighted by atomic mass is 9.90. The van der Waals surface area contributed by atoms with Crippen LogP contribution in [0.25, 0.3) is 0 Å². The monoisotopic (exact) mass is 504 g/mol. The number of halogens is 2. The number of hydrogen-bond acceptors (Lipinski definition) is 6. The molecule has 1 spiro atoms. The van der Waals surface area contributed by atoms with Crippen molar-refractivity contribution in [2.45, 2.75) is 69.3 Å². The van der Waals surface area contributed by atoms with Crippen LogP contribution in [0.15, 0.2) is 16.6 Å². The lowest BCUT2D eigenvalue weighted by Gasteiger charge is -2.23. The Bertz CT molecular complexity index is 865. The van der Waals surface area contributed by atoms with Gasteiger partial charge in [0, 0.05) is 12.0 Å². The van der Waals surface area contributed by atoms with Crippen LogP contribution in [0.4, 0.5) is 4.39 Å². The van der Waals surface area contributed by atoms with E-state index in [4.69, 9.17) is 18.5 Å². The van der Waals surface area contributed by atoms with Crippen LogP contribution in [0, 0.1) is 11.7 Å². The zero-order chi connectivity index (χ0) is 22.0. The number of ether oxygens (including phenoxy) is 2. The topological polar surface area (TPSA) is 57.2 Å². The van der Waals surface area contributed by atoms with E-state index in [0.717, 1.165) is 0 Å². The first kappa shape index (κ1) is 22.3. The number of cyclic esters (lactones) is 1. The minimum atomic E-state index is -0.613. The molecule has 0 radical (unpaired) electrons. The van der Waals surface area contributed by atoms with E-state index >= 15 is 0 Å². The summed E-state index contributed by atoms with van der Waals surface area (Å²) in [4.78, 5) is 19.0. The number of benzene rings is 1. The standard InChI is InChI=1S/C21H28BrFNO5S/c1-11-16-17(19(25)27-11)24(10-12-14(23)8-7-13(22)18(12)26-5)29-21(16)9-15(21)28-30(6)20(2,3)4/h7-8,11,15-17H,9-10H2,1-6H3/q+1/t11-,15-,16-,17-,21?,30?/m0/s1. The molecule has 9 heteroatoms. The second-order valence-corrected chi connectivity index (χ2v) is 12.3. The summed E-state index contributed by atoms with van der Waals surface area (Å²) in [6, 6.07) is 2.37. The van der Waals surface area contributed by atoms with Gasteiger partial charge in [-0.15, -0.1) is 0 Å². The van der Waals surface area contributed by atoms with Gasteiger partial charge in [-0.25, -0.2) is 4.39 Å². The summed E-state index contributed by atoms with van der Waals surface area (Å²) in [7, 11) is 1.49. The molecule has 2 saturated heterocycles. The summed E-state index contributed by atoms with van der Waals surface area (Å²) in [6.45, 7) is 8.39. The van der Waals surface area contributed by atoms with E-state index in [1.54, 1.807) is 11.1 Å². The highest BCUT2D eigenvalue weighted by atomic mass is 79.9. The zero-order valence-electron chi connectivity index (χ0n) is 18.0. The largest absolute Gasteiger partial charge is 0.495 e. The number of carbonyl (C=O) groups excluding carboxylic acids is 1. The Labute approximate surface area is 188 Å². The molecule has 1 aromatic carbocycles. The van der Waals surface area contributed by atoms with Crippen LogP contribution in [-0.2, 0) is 36.3 Å². The van der Waals surface area contributed by atoms with Crippen LogP contribution in [0.3, 0.4) is 0 Å². The Kier molecular flexibility index (Phi) is 5.67. The number of hydrogen-bond donors (Lipinski definition) is 0. The highest BCUT2D eigenvalue weighted by molar-refractivity contribution is 9.10. The van der Waals surface area contributed by atoms with Gasteiger partial charge in [0.25, 0.3) is 0 Å². The fraction of sp³-hybridized carbons (Fsp3) is 0.667. The van der Waals surface area contributed by atoms with Crippen molar-refractivity contribution in [1.29, 1.82) is 0 Å². The van der Waals surface area contributed by atoms with Crippen molar-refractivity contribution >= 4 is 33.1 Å². The van der Waals surface area contributed by atoms with Gasteiger partial charge in [0.2, 0.25) is 0 Å². The Morgan fingerprint density at radius 3 is 2.73 bits per heavy atom. The summed E-state index contributed by atoms with van der Waals surface area (Å²) in [5.74, 6) is -0.521. The van der Waals surface area contributed by atoms with E-state index in [9.17, 15) is 9.18 Å². The van der Waals surface area contributed by atoms with Gasteiger partial charge in [-0.3, -0.25) is 9.63 Å². The van der Waals surface area contributed by atoms with Crippen molar-refractivity contribution in [2.24, 2.45) is 5.92 Å². The first-order valence-corrected chi connectivity index (χ1v) is 12.3. The molecule has 4 rings (SSSR count). The summed E-state index contributed by atoms with van der Waals surface area (Å²) in [6.07, 6.45) is 2.37. The van der Waals surface area contributed by atoms with E-state index in [1.807, 2.05) is 6.92 Å². The van der Waals surface area contributed by atoms with Gasteiger partial charge in [-0.2, -0.15) is 9.25 Å². The van der Waals surface area contributed by atoms with Gasteiger partial charge < -0.3 is 9.47 Å². The van der Waals surface area contributed by atoms with Crippen molar-refractivity contribution in [3.05, 3.63) is 28.0 Å².